The standard InChI is InChI=1S/C22H38N2O6/c1-11(2)15-21(27)29-18(14(7)8)20(26)24(10)16(12(3)4)22(28)30-17(13(5)6)19(25)23(15)9/h11-18H,1-10H3/t15-,16-,17-,18+/m1/s1. The Bertz CT molecular complexity index is 602. The van der Waals surface area contributed by atoms with Crippen LogP contribution >= 0.6 is 0 Å². The molecule has 0 unspecified atom stereocenters. The van der Waals surface area contributed by atoms with E-state index in [2.05, 4.69) is 0 Å². The van der Waals surface area contributed by atoms with E-state index in [1.165, 1.54) is 23.9 Å². The Morgan fingerprint density at radius 1 is 0.567 bits per heavy atom. The molecule has 8 heteroatoms. The van der Waals surface area contributed by atoms with E-state index < -0.39 is 48.0 Å². The summed E-state index contributed by atoms with van der Waals surface area (Å²) in [7, 11) is 3.00. The van der Waals surface area contributed by atoms with Gasteiger partial charge in [0.25, 0.3) is 11.8 Å². The molecule has 0 aliphatic carbocycles. The molecule has 1 rings (SSSR count). The van der Waals surface area contributed by atoms with Crippen molar-refractivity contribution in [3.63, 3.8) is 0 Å². The molecular formula is C22H38N2O6. The van der Waals surface area contributed by atoms with Crippen molar-refractivity contribution in [1.29, 1.82) is 0 Å². The third-order valence-electron chi connectivity index (χ3n) is 5.46. The lowest BCUT2D eigenvalue weighted by atomic mass is 9.97. The fourth-order valence-corrected chi connectivity index (χ4v) is 3.76. The Labute approximate surface area is 180 Å². The van der Waals surface area contributed by atoms with E-state index in [4.69, 9.17) is 9.47 Å². The van der Waals surface area contributed by atoms with Crippen molar-refractivity contribution in [2.75, 3.05) is 14.1 Å². The van der Waals surface area contributed by atoms with Gasteiger partial charge < -0.3 is 19.3 Å². The highest BCUT2D eigenvalue weighted by molar-refractivity contribution is 5.93. The summed E-state index contributed by atoms with van der Waals surface area (Å²) >= 11 is 0. The van der Waals surface area contributed by atoms with Gasteiger partial charge in [-0.25, -0.2) is 9.59 Å². The molecule has 0 aromatic rings. The number of carbonyl (C=O) groups is 4. The average Bonchev–Trinajstić information content (AvgIpc) is 2.61. The molecule has 4 atom stereocenters. The molecule has 1 heterocycles. The fourth-order valence-electron chi connectivity index (χ4n) is 3.76. The van der Waals surface area contributed by atoms with Gasteiger partial charge in [0.1, 0.15) is 12.1 Å². The molecule has 0 spiro atoms. The molecule has 0 N–H and O–H groups in total. The molecule has 8 nitrogen and oxygen atoms in total. The first kappa shape index (κ1) is 25.9. The molecule has 1 aliphatic rings. The van der Waals surface area contributed by atoms with E-state index >= 15 is 0 Å². The van der Waals surface area contributed by atoms with Gasteiger partial charge in [0.05, 0.1) is 0 Å². The van der Waals surface area contributed by atoms with Crippen LogP contribution in [-0.2, 0) is 28.7 Å². The van der Waals surface area contributed by atoms with Gasteiger partial charge >= 0.3 is 11.9 Å². The van der Waals surface area contributed by atoms with Crippen LogP contribution in [0.5, 0.6) is 0 Å². The third kappa shape index (κ3) is 5.52. The quantitative estimate of drug-likeness (QED) is 0.639. The van der Waals surface area contributed by atoms with Crippen LogP contribution in [0.4, 0.5) is 0 Å². The predicted octanol–water partition coefficient (Wildman–Crippen LogP) is 2.10. The van der Waals surface area contributed by atoms with E-state index in [1.54, 1.807) is 55.4 Å². The number of hydrogen-bond donors (Lipinski definition) is 0. The van der Waals surface area contributed by atoms with Crippen LogP contribution in [0.15, 0.2) is 0 Å². The molecule has 0 saturated carbocycles. The van der Waals surface area contributed by atoms with Crippen LogP contribution in [0.1, 0.15) is 55.4 Å². The number of carbonyl (C=O) groups excluding carboxylic acids is 4. The molecule has 1 fully saturated rings. The molecule has 0 radical (unpaired) electrons. The third-order valence-corrected chi connectivity index (χ3v) is 5.46. The number of ether oxygens (including phenoxy) is 2. The van der Waals surface area contributed by atoms with Gasteiger partial charge in [0.2, 0.25) is 0 Å². The zero-order chi connectivity index (χ0) is 23.5. The molecule has 0 bridgehead atoms. The summed E-state index contributed by atoms with van der Waals surface area (Å²) < 4.78 is 11.3. The summed E-state index contributed by atoms with van der Waals surface area (Å²) in [5.41, 5.74) is 0. The van der Waals surface area contributed by atoms with E-state index in [0.717, 1.165) is 0 Å². The van der Waals surface area contributed by atoms with Crippen molar-refractivity contribution in [2.45, 2.75) is 79.7 Å². The molecule has 172 valence electrons. The van der Waals surface area contributed by atoms with E-state index in [9.17, 15) is 19.2 Å². The number of amides is 2. The van der Waals surface area contributed by atoms with Gasteiger partial charge in [-0.05, 0) is 23.7 Å². The second-order valence-corrected chi connectivity index (χ2v) is 9.48. The Morgan fingerprint density at radius 3 is 1.03 bits per heavy atom. The van der Waals surface area contributed by atoms with E-state index in [-0.39, 0.29) is 23.7 Å². The van der Waals surface area contributed by atoms with Gasteiger partial charge in [-0.3, -0.25) is 9.59 Å². The van der Waals surface area contributed by atoms with Crippen molar-refractivity contribution >= 4 is 23.8 Å². The lowest BCUT2D eigenvalue weighted by Crippen LogP contribution is -2.57. The van der Waals surface area contributed by atoms with Crippen molar-refractivity contribution in [3.05, 3.63) is 0 Å². The highest BCUT2D eigenvalue weighted by Crippen LogP contribution is 2.24. The number of cyclic esters (lactones) is 2. The maximum atomic E-state index is 13.2. The smallest absolute Gasteiger partial charge is 0.329 e. The van der Waals surface area contributed by atoms with Crippen LogP contribution in [0, 0.1) is 23.7 Å². The van der Waals surface area contributed by atoms with Crippen molar-refractivity contribution < 1.29 is 28.7 Å². The van der Waals surface area contributed by atoms with Gasteiger partial charge in [-0.1, -0.05) is 55.4 Å². The number of likely N-dealkylation sites (N-methyl/N-ethyl adjacent to an activating group) is 2. The average molecular weight is 427 g/mol. The zero-order valence-corrected chi connectivity index (χ0v) is 20.0. The van der Waals surface area contributed by atoms with E-state index in [0.29, 0.717) is 0 Å². The summed E-state index contributed by atoms with van der Waals surface area (Å²) in [6.45, 7) is 14.3. The summed E-state index contributed by atoms with van der Waals surface area (Å²) in [5.74, 6) is -3.36. The number of hydrogen-bond acceptors (Lipinski definition) is 6. The molecule has 2 amide bonds. The molecule has 1 saturated heterocycles. The second kappa shape index (κ2) is 10.3. The van der Waals surface area contributed by atoms with Crippen molar-refractivity contribution in [1.82, 2.24) is 9.80 Å². The summed E-state index contributed by atoms with van der Waals surface area (Å²) in [4.78, 5) is 55.1. The SMILES string of the molecule is CC(C)[C@@H]1OC(=O)[C@@H](C(C)C)N(C)C(=O)[C@@H](C(C)C)OC(=O)[C@@H](C(C)C)N(C)C1=O. The first-order valence-corrected chi connectivity index (χ1v) is 10.7. The fraction of sp³-hybridized carbons (Fsp3) is 0.818. The summed E-state index contributed by atoms with van der Waals surface area (Å²) in [6, 6.07) is -1.81. The molecular weight excluding hydrogens is 388 g/mol. The number of nitrogens with zero attached hydrogens (tertiary/aromatic N) is 2. The van der Waals surface area contributed by atoms with Crippen LogP contribution in [0.3, 0.4) is 0 Å². The summed E-state index contributed by atoms with van der Waals surface area (Å²) in [5, 5.41) is 0. The molecule has 0 aromatic carbocycles. The number of esters is 2. The topological polar surface area (TPSA) is 93.2 Å². The maximum absolute atomic E-state index is 13.2. The Hall–Kier alpha value is -2.12. The highest BCUT2D eigenvalue weighted by atomic mass is 16.6. The van der Waals surface area contributed by atoms with Crippen LogP contribution in [-0.4, -0.2) is 71.9 Å². The molecule has 30 heavy (non-hydrogen) atoms. The minimum absolute atomic E-state index is 0.262. The van der Waals surface area contributed by atoms with Crippen LogP contribution < -0.4 is 0 Å². The highest BCUT2D eigenvalue weighted by Gasteiger charge is 2.44. The van der Waals surface area contributed by atoms with Gasteiger partial charge in [-0.2, -0.15) is 0 Å². The minimum atomic E-state index is -1.07. The molecule has 0 aromatic heterocycles. The van der Waals surface area contributed by atoms with Gasteiger partial charge in [0.15, 0.2) is 12.2 Å². The minimum Gasteiger partial charge on any atom is -0.450 e. The number of rotatable bonds is 4. The van der Waals surface area contributed by atoms with Crippen molar-refractivity contribution in [2.24, 2.45) is 23.7 Å². The maximum Gasteiger partial charge on any atom is 0.329 e. The largest absolute Gasteiger partial charge is 0.450 e. The Morgan fingerprint density at radius 2 is 0.833 bits per heavy atom. The van der Waals surface area contributed by atoms with Crippen molar-refractivity contribution in [3.8, 4) is 0 Å². The second-order valence-electron chi connectivity index (χ2n) is 9.48. The lowest BCUT2D eigenvalue weighted by molar-refractivity contribution is -0.181. The summed E-state index contributed by atoms with van der Waals surface area (Å²) in [6.07, 6.45) is -2.14. The monoisotopic (exact) mass is 426 g/mol. The Kier molecular flexibility index (Phi) is 8.87. The lowest BCUT2D eigenvalue weighted by Gasteiger charge is -2.38. The normalized spacial score (nSPS) is 27.5. The van der Waals surface area contributed by atoms with Crippen LogP contribution in [0.2, 0.25) is 0 Å². The predicted molar refractivity (Wildman–Crippen MR) is 112 cm³/mol. The zero-order valence-electron chi connectivity index (χ0n) is 20.0. The Balaban J connectivity index is 3.58. The van der Waals surface area contributed by atoms with Gasteiger partial charge in [-0.15, -0.1) is 0 Å². The van der Waals surface area contributed by atoms with E-state index in [1.807, 2.05) is 0 Å². The molecule has 1 aliphatic heterocycles. The first-order valence-electron chi connectivity index (χ1n) is 10.7. The van der Waals surface area contributed by atoms with Gasteiger partial charge in [0, 0.05) is 14.1 Å². The first-order chi connectivity index (χ1) is 13.7. The van der Waals surface area contributed by atoms with Crippen LogP contribution in [0.25, 0.3) is 0 Å².